The second-order valence-electron chi connectivity index (χ2n) is 7.62. The molecule has 0 N–H and O–H groups in total. The fraction of sp³-hybridized carbons (Fsp3) is 0.684. The first-order valence-electron chi connectivity index (χ1n) is 8.89. The average Bonchev–Trinajstić information content (AvgIpc) is 3.07. The van der Waals surface area contributed by atoms with E-state index in [1.54, 1.807) is 0 Å². The van der Waals surface area contributed by atoms with Gasteiger partial charge in [0.25, 0.3) is 0 Å². The molecule has 0 bridgehead atoms. The molecule has 3 fully saturated rings. The van der Waals surface area contributed by atoms with Crippen molar-refractivity contribution in [1.29, 1.82) is 0 Å². The quantitative estimate of drug-likeness (QED) is 0.845. The Hall–Kier alpha value is -0.940. The molecule has 4 rings (SSSR count). The fourth-order valence-corrected chi connectivity index (χ4v) is 4.44. The maximum absolute atomic E-state index is 5.89. The van der Waals surface area contributed by atoms with E-state index in [1.165, 1.54) is 30.8 Å². The van der Waals surface area contributed by atoms with Crippen LogP contribution >= 0.6 is 0 Å². The van der Waals surface area contributed by atoms with E-state index in [9.17, 15) is 0 Å². The largest absolute Gasteiger partial charge is 0.380 e. The third-order valence-corrected chi connectivity index (χ3v) is 5.76. The predicted molar refractivity (Wildman–Crippen MR) is 90.5 cm³/mol. The SMILES string of the molecule is Cc1ccc(CN2C[C@H]3COC[C@@]3(CN3CCOCC3)C2)cc1. The lowest BCUT2D eigenvalue weighted by Gasteiger charge is -2.36. The van der Waals surface area contributed by atoms with Crippen LogP contribution in [0.2, 0.25) is 0 Å². The molecule has 1 aromatic rings. The van der Waals surface area contributed by atoms with Gasteiger partial charge < -0.3 is 9.47 Å². The second-order valence-corrected chi connectivity index (χ2v) is 7.62. The van der Waals surface area contributed by atoms with Crippen molar-refractivity contribution in [3.8, 4) is 0 Å². The highest BCUT2D eigenvalue weighted by Gasteiger charge is 2.51. The molecule has 0 saturated carbocycles. The van der Waals surface area contributed by atoms with E-state index < -0.39 is 0 Å². The van der Waals surface area contributed by atoms with Crippen LogP contribution in [-0.4, -0.2) is 69.0 Å². The number of rotatable bonds is 4. The monoisotopic (exact) mass is 316 g/mol. The molecule has 2 atom stereocenters. The number of nitrogens with zero attached hydrogens (tertiary/aromatic N) is 2. The summed E-state index contributed by atoms with van der Waals surface area (Å²) in [7, 11) is 0. The minimum atomic E-state index is 0.335. The van der Waals surface area contributed by atoms with E-state index in [-0.39, 0.29) is 0 Å². The molecule has 4 heteroatoms. The number of morpholine rings is 1. The van der Waals surface area contributed by atoms with Crippen LogP contribution < -0.4 is 0 Å². The van der Waals surface area contributed by atoms with Gasteiger partial charge in [0.2, 0.25) is 0 Å². The smallest absolute Gasteiger partial charge is 0.0594 e. The Bertz CT molecular complexity index is 527. The highest BCUT2D eigenvalue weighted by Crippen LogP contribution is 2.42. The Morgan fingerprint density at radius 1 is 1.09 bits per heavy atom. The first-order valence-corrected chi connectivity index (χ1v) is 8.89. The highest BCUT2D eigenvalue weighted by molar-refractivity contribution is 5.21. The van der Waals surface area contributed by atoms with E-state index in [0.29, 0.717) is 11.3 Å². The van der Waals surface area contributed by atoms with Crippen LogP contribution in [0.3, 0.4) is 0 Å². The van der Waals surface area contributed by atoms with Crippen molar-refractivity contribution in [3.05, 3.63) is 35.4 Å². The fourth-order valence-electron chi connectivity index (χ4n) is 4.44. The summed E-state index contributed by atoms with van der Waals surface area (Å²) < 4.78 is 11.4. The Morgan fingerprint density at radius 2 is 1.87 bits per heavy atom. The van der Waals surface area contributed by atoms with Gasteiger partial charge in [-0.2, -0.15) is 0 Å². The highest BCUT2D eigenvalue weighted by atomic mass is 16.5. The van der Waals surface area contributed by atoms with E-state index in [4.69, 9.17) is 9.47 Å². The molecule has 0 spiro atoms. The number of hydrogen-bond acceptors (Lipinski definition) is 4. The summed E-state index contributed by atoms with van der Waals surface area (Å²) in [6, 6.07) is 8.99. The number of likely N-dealkylation sites (tertiary alicyclic amines) is 1. The van der Waals surface area contributed by atoms with Crippen molar-refractivity contribution in [2.75, 3.05) is 59.2 Å². The Labute approximate surface area is 139 Å². The van der Waals surface area contributed by atoms with E-state index >= 15 is 0 Å². The van der Waals surface area contributed by atoms with Crippen LogP contribution in [0.25, 0.3) is 0 Å². The zero-order valence-electron chi connectivity index (χ0n) is 14.2. The molecule has 23 heavy (non-hydrogen) atoms. The second kappa shape index (κ2) is 6.52. The molecule has 4 nitrogen and oxygen atoms in total. The molecule has 0 amide bonds. The molecular weight excluding hydrogens is 288 g/mol. The number of ether oxygens (including phenoxy) is 2. The van der Waals surface area contributed by atoms with Crippen molar-refractivity contribution in [2.24, 2.45) is 11.3 Å². The zero-order valence-corrected chi connectivity index (χ0v) is 14.2. The minimum Gasteiger partial charge on any atom is -0.380 e. The topological polar surface area (TPSA) is 24.9 Å². The molecule has 3 aliphatic rings. The molecular formula is C19H28N2O2. The standard InChI is InChI=1S/C19H28N2O2/c1-16-2-4-17(5-3-16)10-21-11-18-12-23-15-19(18,14-21)13-20-6-8-22-9-7-20/h2-5,18H,6-15H2,1H3/t18-,19+/m0/s1. The third kappa shape index (κ3) is 3.31. The molecule has 0 radical (unpaired) electrons. The zero-order chi connectivity index (χ0) is 15.7. The Morgan fingerprint density at radius 3 is 2.65 bits per heavy atom. The van der Waals surface area contributed by atoms with Gasteiger partial charge in [-0.25, -0.2) is 0 Å². The average molecular weight is 316 g/mol. The van der Waals surface area contributed by atoms with Gasteiger partial charge in [0.05, 0.1) is 26.4 Å². The van der Waals surface area contributed by atoms with Crippen LogP contribution in [0.1, 0.15) is 11.1 Å². The first-order chi connectivity index (χ1) is 11.2. The van der Waals surface area contributed by atoms with Crippen LogP contribution in [-0.2, 0) is 16.0 Å². The maximum Gasteiger partial charge on any atom is 0.0594 e. The van der Waals surface area contributed by atoms with Gasteiger partial charge in [-0.05, 0) is 12.5 Å². The van der Waals surface area contributed by atoms with Gasteiger partial charge in [0.1, 0.15) is 0 Å². The maximum atomic E-state index is 5.89. The number of aryl methyl sites for hydroxylation is 1. The Balaban J connectivity index is 1.42. The van der Waals surface area contributed by atoms with E-state index in [0.717, 1.165) is 46.1 Å². The van der Waals surface area contributed by atoms with Gasteiger partial charge in [0, 0.05) is 50.6 Å². The third-order valence-electron chi connectivity index (χ3n) is 5.76. The van der Waals surface area contributed by atoms with Crippen LogP contribution in [0.5, 0.6) is 0 Å². The van der Waals surface area contributed by atoms with Gasteiger partial charge >= 0.3 is 0 Å². The van der Waals surface area contributed by atoms with Crippen molar-refractivity contribution in [3.63, 3.8) is 0 Å². The predicted octanol–water partition coefficient (Wildman–Crippen LogP) is 1.78. The molecule has 0 aliphatic carbocycles. The normalized spacial score (nSPS) is 32.3. The number of benzene rings is 1. The molecule has 0 unspecified atom stereocenters. The van der Waals surface area contributed by atoms with Crippen LogP contribution in [0.4, 0.5) is 0 Å². The van der Waals surface area contributed by atoms with Crippen molar-refractivity contribution in [1.82, 2.24) is 9.80 Å². The molecule has 0 aromatic heterocycles. The lowest BCUT2D eigenvalue weighted by atomic mass is 9.80. The molecule has 3 saturated heterocycles. The number of fused-ring (bicyclic) bond motifs is 1. The van der Waals surface area contributed by atoms with Crippen molar-refractivity contribution in [2.45, 2.75) is 13.5 Å². The number of hydrogen-bond donors (Lipinski definition) is 0. The lowest BCUT2D eigenvalue weighted by molar-refractivity contribution is 0.0102. The lowest BCUT2D eigenvalue weighted by Crippen LogP contribution is -2.47. The molecule has 3 heterocycles. The summed E-state index contributed by atoms with van der Waals surface area (Å²) >= 11 is 0. The summed E-state index contributed by atoms with van der Waals surface area (Å²) in [6.07, 6.45) is 0. The van der Waals surface area contributed by atoms with Crippen molar-refractivity contribution < 1.29 is 9.47 Å². The summed E-state index contributed by atoms with van der Waals surface area (Å²) in [4.78, 5) is 5.22. The molecule has 3 aliphatic heterocycles. The van der Waals surface area contributed by atoms with Gasteiger partial charge in [-0.1, -0.05) is 29.8 Å². The first kappa shape index (κ1) is 15.6. The summed E-state index contributed by atoms with van der Waals surface area (Å²) in [5.41, 5.74) is 3.10. The summed E-state index contributed by atoms with van der Waals surface area (Å²) in [5.74, 6) is 0.691. The van der Waals surface area contributed by atoms with Crippen LogP contribution in [0, 0.1) is 18.3 Å². The molecule has 126 valence electrons. The Kier molecular flexibility index (Phi) is 4.41. The van der Waals surface area contributed by atoms with Gasteiger partial charge in [0.15, 0.2) is 0 Å². The van der Waals surface area contributed by atoms with Crippen LogP contribution in [0.15, 0.2) is 24.3 Å². The van der Waals surface area contributed by atoms with Crippen molar-refractivity contribution >= 4 is 0 Å². The van der Waals surface area contributed by atoms with E-state index in [1.807, 2.05) is 0 Å². The summed E-state index contributed by atoms with van der Waals surface area (Å²) in [5, 5.41) is 0. The van der Waals surface area contributed by atoms with E-state index in [2.05, 4.69) is 41.0 Å². The van der Waals surface area contributed by atoms with Gasteiger partial charge in [-0.3, -0.25) is 9.80 Å². The summed E-state index contributed by atoms with van der Waals surface area (Å²) in [6.45, 7) is 12.5. The minimum absolute atomic E-state index is 0.335. The molecule has 1 aromatic carbocycles. The van der Waals surface area contributed by atoms with Gasteiger partial charge in [-0.15, -0.1) is 0 Å².